The van der Waals surface area contributed by atoms with Gasteiger partial charge in [0.2, 0.25) is 5.91 Å². The minimum atomic E-state index is -0.0564. The van der Waals surface area contributed by atoms with Crippen molar-refractivity contribution in [2.24, 2.45) is 17.8 Å². The van der Waals surface area contributed by atoms with E-state index in [-0.39, 0.29) is 11.8 Å². The summed E-state index contributed by atoms with van der Waals surface area (Å²) in [5, 5.41) is 0. The van der Waals surface area contributed by atoms with Gasteiger partial charge in [0.25, 0.3) is 0 Å². The van der Waals surface area contributed by atoms with Crippen LogP contribution in [-0.4, -0.2) is 28.9 Å². The number of allylic oxidation sites excluding steroid dienone is 2. The van der Waals surface area contributed by atoms with Crippen LogP contribution in [0.25, 0.3) is 0 Å². The Kier molecular flexibility index (Phi) is 5.90. The Morgan fingerprint density at radius 3 is 2.57 bits per heavy atom. The van der Waals surface area contributed by atoms with Gasteiger partial charge in [0.1, 0.15) is 0 Å². The number of hydrogen-bond acceptors (Lipinski definition) is 2. The van der Waals surface area contributed by atoms with Crippen molar-refractivity contribution in [1.82, 2.24) is 9.88 Å². The van der Waals surface area contributed by atoms with Crippen LogP contribution in [0.2, 0.25) is 0 Å². The molecule has 0 saturated heterocycles. The molecule has 2 bridgehead atoms. The Balaban J connectivity index is 1.50. The van der Waals surface area contributed by atoms with Crippen LogP contribution in [0.15, 0.2) is 66.9 Å². The molecule has 1 aromatic carbocycles. The van der Waals surface area contributed by atoms with Crippen LogP contribution in [-0.2, 0) is 11.2 Å². The second-order valence-electron chi connectivity index (χ2n) is 8.27. The number of benzene rings is 1. The van der Waals surface area contributed by atoms with Crippen molar-refractivity contribution >= 4 is 5.91 Å². The van der Waals surface area contributed by atoms with E-state index < -0.39 is 0 Å². The van der Waals surface area contributed by atoms with E-state index in [1.807, 2.05) is 36.5 Å². The molecule has 146 valence electrons. The normalized spacial score (nSPS) is 23.7. The molecule has 2 aliphatic rings. The molecule has 4 unspecified atom stereocenters. The van der Waals surface area contributed by atoms with Gasteiger partial charge < -0.3 is 4.90 Å². The summed E-state index contributed by atoms with van der Waals surface area (Å²) in [4.78, 5) is 20.2. The van der Waals surface area contributed by atoms with E-state index in [2.05, 4.69) is 47.2 Å². The van der Waals surface area contributed by atoms with Gasteiger partial charge in [0.15, 0.2) is 0 Å². The zero-order valence-electron chi connectivity index (χ0n) is 16.7. The van der Waals surface area contributed by atoms with Gasteiger partial charge in [-0.15, -0.1) is 0 Å². The first-order chi connectivity index (χ1) is 13.7. The maximum atomic E-state index is 13.6. The topological polar surface area (TPSA) is 33.2 Å². The van der Waals surface area contributed by atoms with Crippen LogP contribution in [0.3, 0.4) is 0 Å². The highest BCUT2D eigenvalue weighted by atomic mass is 16.2. The van der Waals surface area contributed by atoms with E-state index >= 15 is 0 Å². The molecular weight excluding hydrogens is 344 g/mol. The largest absolute Gasteiger partial charge is 0.341 e. The van der Waals surface area contributed by atoms with E-state index in [9.17, 15) is 4.79 Å². The average Bonchev–Trinajstić information content (AvgIpc) is 3.36. The van der Waals surface area contributed by atoms with E-state index in [0.717, 1.165) is 43.1 Å². The summed E-state index contributed by atoms with van der Waals surface area (Å²) in [6.07, 6.45) is 10.8. The summed E-state index contributed by atoms with van der Waals surface area (Å²) in [6, 6.07) is 16.3. The van der Waals surface area contributed by atoms with E-state index in [0.29, 0.717) is 11.8 Å². The van der Waals surface area contributed by atoms with Crippen molar-refractivity contribution in [2.75, 3.05) is 13.1 Å². The fraction of sp³-hybridized carbons (Fsp3) is 0.440. The summed E-state index contributed by atoms with van der Waals surface area (Å²) in [5.41, 5.74) is 2.19. The number of amides is 1. The second-order valence-corrected chi connectivity index (χ2v) is 8.27. The summed E-state index contributed by atoms with van der Waals surface area (Å²) < 4.78 is 0. The zero-order valence-corrected chi connectivity index (χ0v) is 16.7. The standard InChI is InChI=1S/C25H30N2O/c1-2-24(20-8-4-3-5-9-20)25(28)27(15-13-23-10-6-7-14-26-23)18-22-17-19-11-12-21(22)16-19/h3-12,14,19,21-22,24H,2,13,15-18H2,1H3. The lowest BCUT2D eigenvalue weighted by atomic mass is 9.91. The van der Waals surface area contributed by atoms with Gasteiger partial charge in [-0.25, -0.2) is 0 Å². The van der Waals surface area contributed by atoms with Gasteiger partial charge in [-0.2, -0.15) is 0 Å². The second kappa shape index (κ2) is 8.72. The number of hydrogen-bond donors (Lipinski definition) is 0. The fourth-order valence-corrected chi connectivity index (χ4v) is 4.93. The molecule has 1 heterocycles. The van der Waals surface area contributed by atoms with Gasteiger partial charge >= 0.3 is 0 Å². The molecule has 4 rings (SSSR count). The molecule has 1 aromatic heterocycles. The number of aromatic nitrogens is 1. The first-order valence-electron chi connectivity index (χ1n) is 10.7. The van der Waals surface area contributed by atoms with Crippen molar-refractivity contribution < 1.29 is 4.79 Å². The fourth-order valence-electron chi connectivity index (χ4n) is 4.93. The third-order valence-corrected chi connectivity index (χ3v) is 6.46. The highest BCUT2D eigenvalue weighted by molar-refractivity contribution is 5.83. The number of rotatable bonds is 8. The SMILES string of the molecule is CCC(C(=O)N(CCc1ccccn1)CC1CC2C=CC1C2)c1ccccc1. The summed E-state index contributed by atoms with van der Waals surface area (Å²) in [6.45, 7) is 3.74. The minimum absolute atomic E-state index is 0.0564. The Morgan fingerprint density at radius 2 is 1.93 bits per heavy atom. The maximum absolute atomic E-state index is 13.6. The molecule has 0 spiro atoms. The molecule has 2 aliphatic carbocycles. The predicted octanol–water partition coefficient (Wildman–Crippen LogP) is 4.86. The lowest BCUT2D eigenvalue weighted by Crippen LogP contribution is -2.40. The molecule has 3 nitrogen and oxygen atoms in total. The van der Waals surface area contributed by atoms with Gasteiger partial charge in [-0.1, -0.05) is 55.5 Å². The molecule has 28 heavy (non-hydrogen) atoms. The van der Waals surface area contributed by atoms with E-state index in [4.69, 9.17) is 0 Å². The Hall–Kier alpha value is -2.42. The van der Waals surface area contributed by atoms with E-state index in [1.165, 1.54) is 12.8 Å². The number of pyridine rings is 1. The quantitative estimate of drug-likeness (QED) is 0.618. The molecule has 2 aromatic rings. The highest BCUT2D eigenvalue weighted by Crippen LogP contribution is 2.43. The van der Waals surface area contributed by atoms with Crippen LogP contribution in [0.5, 0.6) is 0 Å². The van der Waals surface area contributed by atoms with Crippen LogP contribution in [0.1, 0.15) is 43.4 Å². The predicted molar refractivity (Wildman–Crippen MR) is 113 cm³/mol. The first kappa shape index (κ1) is 18.9. The van der Waals surface area contributed by atoms with Gasteiger partial charge in [-0.3, -0.25) is 9.78 Å². The highest BCUT2D eigenvalue weighted by Gasteiger charge is 2.37. The third-order valence-electron chi connectivity index (χ3n) is 6.46. The van der Waals surface area contributed by atoms with Gasteiger partial charge in [0, 0.05) is 31.4 Å². The van der Waals surface area contributed by atoms with E-state index in [1.54, 1.807) is 0 Å². The van der Waals surface area contributed by atoms with Crippen LogP contribution < -0.4 is 0 Å². The van der Waals surface area contributed by atoms with Gasteiger partial charge in [-0.05, 0) is 54.7 Å². The zero-order chi connectivity index (χ0) is 19.3. The molecular formula is C25H30N2O. The Labute approximate surface area is 168 Å². The molecule has 1 amide bonds. The number of carbonyl (C=O) groups excluding carboxylic acids is 1. The average molecular weight is 375 g/mol. The number of carbonyl (C=O) groups is 1. The van der Waals surface area contributed by atoms with Crippen molar-refractivity contribution in [3.63, 3.8) is 0 Å². The molecule has 0 radical (unpaired) electrons. The smallest absolute Gasteiger partial charge is 0.230 e. The van der Waals surface area contributed by atoms with Gasteiger partial charge in [0.05, 0.1) is 5.92 Å². The monoisotopic (exact) mass is 374 g/mol. The minimum Gasteiger partial charge on any atom is -0.341 e. The summed E-state index contributed by atoms with van der Waals surface area (Å²) in [5.74, 6) is 2.22. The maximum Gasteiger partial charge on any atom is 0.230 e. The van der Waals surface area contributed by atoms with Crippen LogP contribution >= 0.6 is 0 Å². The molecule has 3 heteroatoms. The summed E-state index contributed by atoms with van der Waals surface area (Å²) in [7, 11) is 0. The molecule has 1 fully saturated rings. The third kappa shape index (κ3) is 4.19. The van der Waals surface area contributed by atoms with Crippen LogP contribution in [0.4, 0.5) is 0 Å². The Bertz CT molecular complexity index is 802. The van der Waals surface area contributed by atoms with Crippen molar-refractivity contribution in [1.29, 1.82) is 0 Å². The van der Waals surface area contributed by atoms with Crippen molar-refractivity contribution in [3.05, 3.63) is 78.1 Å². The molecule has 0 N–H and O–H groups in total. The lowest BCUT2D eigenvalue weighted by molar-refractivity contribution is -0.133. The molecule has 4 atom stereocenters. The van der Waals surface area contributed by atoms with Crippen molar-refractivity contribution in [2.45, 2.75) is 38.5 Å². The lowest BCUT2D eigenvalue weighted by Gasteiger charge is -2.31. The first-order valence-corrected chi connectivity index (χ1v) is 10.7. The number of fused-ring (bicyclic) bond motifs is 2. The molecule has 0 aliphatic heterocycles. The number of nitrogens with zero attached hydrogens (tertiary/aromatic N) is 2. The summed E-state index contributed by atoms with van der Waals surface area (Å²) >= 11 is 0. The van der Waals surface area contributed by atoms with Crippen molar-refractivity contribution in [3.8, 4) is 0 Å². The van der Waals surface area contributed by atoms with Crippen LogP contribution in [0, 0.1) is 17.8 Å². The Morgan fingerprint density at radius 1 is 1.11 bits per heavy atom. The molecule has 1 saturated carbocycles.